The van der Waals surface area contributed by atoms with E-state index in [2.05, 4.69) is 12.2 Å². The highest BCUT2D eigenvalue weighted by molar-refractivity contribution is 7.13. The third-order valence-electron chi connectivity index (χ3n) is 5.47. The number of thiophene rings is 1. The van der Waals surface area contributed by atoms with Gasteiger partial charge in [0.25, 0.3) is 5.91 Å². The maximum atomic E-state index is 12.4. The summed E-state index contributed by atoms with van der Waals surface area (Å²) in [5.41, 5.74) is 1.41. The SMILES string of the molecule is CCCCC[C@H](O)c1ccc(N2C(=O)NC(=O)[C@@H]2CCCc2ccc(C(=O)O)s2)cc1. The summed E-state index contributed by atoms with van der Waals surface area (Å²) < 4.78 is 0. The molecule has 3 N–H and O–H groups in total. The van der Waals surface area contributed by atoms with E-state index in [-0.39, 0.29) is 5.91 Å². The smallest absolute Gasteiger partial charge is 0.345 e. The molecule has 166 valence electrons. The van der Waals surface area contributed by atoms with Gasteiger partial charge in [0.2, 0.25) is 0 Å². The number of carboxylic acid groups (broad SMARTS) is 1. The molecule has 31 heavy (non-hydrogen) atoms. The fraction of sp³-hybridized carbons (Fsp3) is 0.435. The molecule has 3 rings (SSSR count). The summed E-state index contributed by atoms with van der Waals surface area (Å²) in [5.74, 6) is -1.27. The zero-order valence-corrected chi connectivity index (χ0v) is 18.4. The Labute approximate surface area is 185 Å². The molecule has 1 aliphatic rings. The van der Waals surface area contributed by atoms with Gasteiger partial charge in [0.15, 0.2) is 0 Å². The minimum atomic E-state index is -0.942. The Hall–Kier alpha value is -2.71. The molecule has 8 heteroatoms. The highest BCUT2D eigenvalue weighted by atomic mass is 32.1. The Morgan fingerprint density at radius 2 is 1.87 bits per heavy atom. The zero-order valence-electron chi connectivity index (χ0n) is 17.5. The van der Waals surface area contributed by atoms with E-state index >= 15 is 0 Å². The number of nitrogens with zero attached hydrogens (tertiary/aromatic N) is 1. The first-order chi connectivity index (χ1) is 14.9. The van der Waals surface area contributed by atoms with Crippen LogP contribution in [-0.4, -0.2) is 34.2 Å². The van der Waals surface area contributed by atoms with Gasteiger partial charge in [0.1, 0.15) is 10.9 Å². The number of benzene rings is 1. The molecule has 1 aliphatic heterocycles. The number of aliphatic hydroxyl groups is 1. The van der Waals surface area contributed by atoms with Crippen molar-refractivity contribution in [1.82, 2.24) is 5.32 Å². The van der Waals surface area contributed by atoms with E-state index in [9.17, 15) is 19.5 Å². The summed E-state index contributed by atoms with van der Waals surface area (Å²) in [6, 6.07) is 9.46. The Kier molecular flexibility index (Phi) is 7.81. The van der Waals surface area contributed by atoms with E-state index in [0.717, 1.165) is 29.7 Å². The number of hydrogen-bond acceptors (Lipinski definition) is 5. The predicted octanol–water partition coefficient (Wildman–Crippen LogP) is 4.51. The van der Waals surface area contributed by atoms with E-state index in [1.54, 1.807) is 36.4 Å². The molecule has 7 nitrogen and oxygen atoms in total. The van der Waals surface area contributed by atoms with Crippen molar-refractivity contribution in [2.75, 3.05) is 4.90 Å². The first-order valence-corrected chi connectivity index (χ1v) is 11.5. The number of carboxylic acids is 1. The molecule has 2 aromatic rings. The number of imide groups is 1. The molecule has 3 amide bonds. The topological polar surface area (TPSA) is 107 Å². The molecule has 2 atom stereocenters. The molecule has 0 saturated carbocycles. The quantitative estimate of drug-likeness (QED) is 0.349. The number of urea groups is 1. The van der Waals surface area contributed by atoms with Gasteiger partial charge in [-0.2, -0.15) is 0 Å². The molecule has 1 aromatic carbocycles. The monoisotopic (exact) mass is 444 g/mol. The predicted molar refractivity (Wildman–Crippen MR) is 120 cm³/mol. The fourth-order valence-corrected chi connectivity index (χ4v) is 4.66. The number of aromatic carboxylic acids is 1. The number of nitrogens with one attached hydrogen (secondary N) is 1. The first kappa shape index (κ1) is 23.0. The van der Waals surface area contributed by atoms with Crippen LogP contribution in [0.5, 0.6) is 0 Å². The number of rotatable bonds is 11. The van der Waals surface area contributed by atoms with Crippen molar-refractivity contribution in [3.05, 3.63) is 51.7 Å². The standard InChI is InChI=1S/C23H28N2O5S/c1-2-3-4-8-19(26)15-9-11-16(12-10-15)25-18(21(27)24-23(25)30)7-5-6-17-13-14-20(31-17)22(28)29/h9-14,18-19,26H,2-8H2,1H3,(H,28,29)(H,24,27,30)/t18-,19-/m0/s1. The lowest BCUT2D eigenvalue weighted by atomic mass is 10.0. The van der Waals surface area contributed by atoms with Crippen LogP contribution in [0.15, 0.2) is 36.4 Å². The van der Waals surface area contributed by atoms with Gasteiger partial charge in [0.05, 0.1) is 6.10 Å². The Bertz CT molecular complexity index is 924. The van der Waals surface area contributed by atoms with Crippen LogP contribution in [0.2, 0.25) is 0 Å². The number of amides is 3. The van der Waals surface area contributed by atoms with E-state index < -0.39 is 24.1 Å². The minimum absolute atomic E-state index is 0.294. The third kappa shape index (κ3) is 5.71. The molecule has 2 heterocycles. The van der Waals surface area contributed by atoms with Crippen molar-refractivity contribution in [1.29, 1.82) is 0 Å². The van der Waals surface area contributed by atoms with Crippen molar-refractivity contribution in [2.24, 2.45) is 0 Å². The molecule has 0 spiro atoms. The second kappa shape index (κ2) is 10.5. The molecule has 1 fully saturated rings. The van der Waals surface area contributed by atoms with E-state index in [1.165, 1.54) is 16.2 Å². The van der Waals surface area contributed by atoms with Crippen molar-refractivity contribution < 1.29 is 24.6 Å². The van der Waals surface area contributed by atoms with Crippen LogP contribution < -0.4 is 10.2 Å². The lowest BCUT2D eigenvalue weighted by Gasteiger charge is -2.22. The van der Waals surface area contributed by atoms with Gasteiger partial charge in [-0.1, -0.05) is 38.3 Å². The van der Waals surface area contributed by atoms with Crippen LogP contribution in [-0.2, 0) is 11.2 Å². The van der Waals surface area contributed by atoms with Crippen molar-refractivity contribution in [3.63, 3.8) is 0 Å². The van der Waals surface area contributed by atoms with Gasteiger partial charge in [-0.25, -0.2) is 9.59 Å². The number of hydrogen-bond donors (Lipinski definition) is 3. The number of carbonyl (C=O) groups excluding carboxylic acids is 2. The molecule has 0 radical (unpaired) electrons. The van der Waals surface area contributed by atoms with Crippen molar-refractivity contribution in [3.8, 4) is 0 Å². The molecule has 0 unspecified atom stereocenters. The normalized spacial score (nSPS) is 17.1. The highest BCUT2D eigenvalue weighted by Crippen LogP contribution is 2.28. The van der Waals surface area contributed by atoms with Gasteiger partial charge in [-0.05, 0) is 55.5 Å². The van der Waals surface area contributed by atoms with E-state index in [0.29, 0.717) is 36.2 Å². The molecule has 0 aliphatic carbocycles. The van der Waals surface area contributed by atoms with Gasteiger partial charge in [-0.3, -0.25) is 15.0 Å². The summed E-state index contributed by atoms with van der Waals surface area (Å²) >= 11 is 1.23. The summed E-state index contributed by atoms with van der Waals surface area (Å²) in [6.45, 7) is 2.12. The number of aryl methyl sites for hydroxylation is 1. The van der Waals surface area contributed by atoms with Crippen molar-refractivity contribution in [2.45, 2.75) is 64.0 Å². The molecule has 1 saturated heterocycles. The Morgan fingerprint density at radius 3 is 2.52 bits per heavy atom. The second-order valence-electron chi connectivity index (χ2n) is 7.75. The lowest BCUT2D eigenvalue weighted by molar-refractivity contribution is -0.120. The van der Waals surface area contributed by atoms with Crippen LogP contribution in [0.25, 0.3) is 0 Å². The van der Waals surface area contributed by atoms with E-state index in [1.807, 2.05) is 0 Å². The average Bonchev–Trinajstić information content (AvgIpc) is 3.33. The van der Waals surface area contributed by atoms with Crippen LogP contribution in [0.3, 0.4) is 0 Å². The lowest BCUT2D eigenvalue weighted by Crippen LogP contribution is -2.35. The number of carbonyl (C=O) groups is 3. The van der Waals surface area contributed by atoms with Crippen molar-refractivity contribution >= 4 is 34.9 Å². The maximum Gasteiger partial charge on any atom is 0.345 e. The minimum Gasteiger partial charge on any atom is -0.477 e. The highest BCUT2D eigenvalue weighted by Gasteiger charge is 2.38. The van der Waals surface area contributed by atoms with Gasteiger partial charge < -0.3 is 10.2 Å². The van der Waals surface area contributed by atoms with Gasteiger partial charge in [0, 0.05) is 10.6 Å². The van der Waals surface area contributed by atoms with E-state index in [4.69, 9.17) is 5.11 Å². The van der Waals surface area contributed by atoms with Gasteiger partial charge in [-0.15, -0.1) is 11.3 Å². The molecular weight excluding hydrogens is 416 g/mol. The first-order valence-electron chi connectivity index (χ1n) is 10.6. The number of unbranched alkanes of at least 4 members (excludes halogenated alkanes) is 2. The van der Waals surface area contributed by atoms with Gasteiger partial charge >= 0.3 is 12.0 Å². The second-order valence-corrected chi connectivity index (χ2v) is 8.91. The molecular formula is C23H28N2O5S. The summed E-state index contributed by atoms with van der Waals surface area (Å²) in [7, 11) is 0. The Balaban J connectivity index is 1.62. The number of aliphatic hydroxyl groups excluding tert-OH is 1. The Morgan fingerprint density at radius 1 is 1.13 bits per heavy atom. The van der Waals surface area contributed by atoms with Crippen LogP contribution >= 0.6 is 11.3 Å². The zero-order chi connectivity index (χ0) is 22.4. The number of anilines is 1. The molecule has 1 aromatic heterocycles. The summed E-state index contributed by atoms with van der Waals surface area (Å²) in [4.78, 5) is 38.4. The largest absolute Gasteiger partial charge is 0.477 e. The van der Waals surface area contributed by atoms with Crippen LogP contribution in [0.4, 0.5) is 10.5 Å². The molecule has 0 bridgehead atoms. The summed E-state index contributed by atoms with van der Waals surface area (Å²) in [5, 5.41) is 21.7. The maximum absolute atomic E-state index is 12.4. The third-order valence-corrected chi connectivity index (χ3v) is 6.61. The van der Waals surface area contributed by atoms with Crippen LogP contribution in [0, 0.1) is 0 Å². The van der Waals surface area contributed by atoms with Crippen LogP contribution in [0.1, 0.15) is 71.7 Å². The fourth-order valence-electron chi connectivity index (χ4n) is 3.77. The average molecular weight is 445 g/mol. The summed E-state index contributed by atoms with van der Waals surface area (Å²) in [6.07, 6.45) is 5.07.